The Bertz CT molecular complexity index is 208. The van der Waals surface area contributed by atoms with Crippen molar-refractivity contribution in [2.45, 2.75) is 19.1 Å². The molecule has 0 bridgehead atoms. The lowest BCUT2D eigenvalue weighted by Crippen LogP contribution is -2.22. The number of hydrogen-bond donors (Lipinski definition) is 2. The Morgan fingerprint density at radius 1 is 1.27 bits per heavy atom. The molecule has 2 nitrogen and oxygen atoms in total. The van der Waals surface area contributed by atoms with Crippen LogP contribution in [0.1, 0.15) is 18.5 Å². The van der Waals surface area contributed by atoms with E-state index in [-0.39, 0.29) is 6.04 Å². The topological polar surface area (TPSA) is 46.2 Å². The fourth-order valence-electron chi connectivity index (χ4n) is 0.954. The van der Waals surface area contributed by atoms with Gasteiger partial charge >= 0.3 is 0 Å². The summed E-state index contributed by atoms with van der Waals surface area (Å²) >= 11 is 0. The molecule has 3 N–H and O–H groups in total. The van der Waals surface area contributed by atoms with Gasteiger partial charge in [-0.15, -0.1) is 0 Å². The van der Waals surface area contributed by atoms with E-state index in [4.69, 9.17) is 10.8 Å². The van der Waals surface area contributed by atoms with Crippen molar-refractivity contribution >= 4 is 0 Å². The molecule has 0 aliphatic rings. The van der Waals surface area contributed by atoms with Crippen LogP contribution in [0.4, 0.5) is 0 Å². The minimum Gasteiger partial charge on any atom is -0.391 e. The van der Waals surface area contributed by atoms with Gasteiger partial charge in [-0.1, -0.05) is 30.3 Å². The lowest BCUT2D eigenvalue weighted by molar-refractivity contribution is 0.164. The zero-order valence-corrected chi connectivity index (χ0v) is 6.57. The molecule has 1 aromatic carbocycles. The predicted molar refractivity (Wildman–Crippen MR) is 45.1 cm³/mol. The van der Waals surface area contributed by atoms with E-state index in [0.29, 0.717) is 0 Å². The van der Waals surface area contributed by atoms with Crippen LogP contribution in [0.25, 0.3) is 0 Å². The molecule has 0 aromatic heterocycles. The fraction of sp³-hybridized carbons (Fsp3) is 0.333. The first kappa shape index (κ1) is 8.24. The number of hydrogen-bond acceptors (Lipinski definition) is 2. The van der Waals surface area contributed by atoms with Gasteiger partial charge in [0, 0.05) is 0 Å². The molecule has 0 aliphatic heterocycles. The maximum atomic E-state index is 9.15. The molecule has 60 valence electrons. The quantitative estimate of drug-likeness (QED) is 0.664. The van der Waals surface area contributed by atoms with E-state index in [2.05, 4.69) is 0 Å². The first-order valence-corrected chi connectivity index (χ1v) is 3.70. The number of benzene rings is 1. The minimum atomic E-state index is -0.489. The fourth-order valence-corrected chi connectivity index (χ4v) is 0.954. The maximum Gasteiger partial charge on any atom is 0.0704 e. The molecule has 0 amide bonds. The third-order valence-corrected chi connectivity index (χ3v) is 1.70. The molecule has 1 aromatic rings. The molecule has 2 heteroatoms. The molecule has 0 aliphatic carbocycles. The molecule has 11 heavy (non-hydrogen) atoms. The number of aliphatic hydroxyl groups is 1. The number of rotatable bonds is 2. The van der Waals surface area contributed by atoms with Crippen molar-refractivity contribution in [3.63, 3.8) is 0 Å². The minimum absolute atomic E-state index is 0.267. The van der Waals surface area contributed by atoms with Gasteiger partial charge in [0.25, 0.3) is 0 Å². The average molecular weight is 151 g/mol. The lowest BCUT2D eigenvalue weighted by atomic mass is 10.0. The summed E-state index contributed by atoms with van der Waals surface area (Å²) in [5.41, 5.74) is 6.66. The van der Waals surface area contributed by atoms with Gasteiger partial charge < -0.3 is 10.8 Å². The highest BCUT2D eigenvalue weighted by atomic mass is 16.3. The first-order chi connectivity index (χ1) is 5.22. The Hall–Kier alpha value is -0.860. The first-order valence-electron chi connectivity index (χ1n) is 3.70. The predicted octanol–water partition coefficient (Wildman–Crippen LogP) is 1.07. The van der Waals surface area contributed by atoms with Crippen LogP contribution in [0.3, 0.4) is 0 Å². The molecule has 0 saturated carbocycles. The monoisotopic (exact) mass is 151 g/mol. The molecule has 2 atom stereocenters. The van der Waals surface area contributed by atoms with E-state index in [9.17, 15) is 0 Å². The molecule has 0 fully saturated rings. The van der Waals surface area contributed by atoms with E-state index >= 15 is 0 Å². The summed E-state index contributed by atoms with van der Waals surface area (Å²) < 4.78 is 0. The summed E-state index contributed by atoms with van der Waals surface area (Å²) in [6, 6.07) is 9.32. The van der Waals surface area contributed by atoms with Crippen molar-refractivity contribution < 1.29 is 5.11 Å². The molecule has 0 saturated heterocycles. The second-order valence-corrected chi connectivity index (χ2v) is 2.68. The summed E-state index contributed by atoms with van der Waals surface area (Å²) in [5.74, 6) is 0. The second kappa shape index (κ2) is 3.51. The highest BCUT2D eigenvalue weighted by Gasteiger charge is 2.09. The smallest absolute Gasteiger partial charge is 0.0704 e. The number of aliphatic hydroxyl groups excluding tert-OH is 1. The van der Waals surface area contributed by atoms with Crippen LogP contribution < -0.4 is 5.73 Å². The van der Waals surface area contributed by atoms with Crippen molar-refractivity contribution in [3.05, 3.63) is 35.9 Å². The summed E-state index contributed by atoms with van der Waals surface area (Å²) in [5, 5.41) is 9.15. The van der Waals surface area contributed by atoms with Gasteiger partial charge in [0.2, 0.25) is 0 Å². The van der Waals surface area contributed by atoms with E-state index in [1.165, 1.54) is 0 Å². The van der Waals surface area contributed by atoms with E-state index in [0.717, 1.165) is 5.56 Å². The molecule has 1 rings (SSSR count). The standard InChI is InChI=1S/C9H13NO/c1-7(11)9(10)8-5-3-2-4-6-8/h2-7,9,11H,10H2,1H3/t7-,9-/m1/s1. The zero-order chi connectivity index (χ0) is 8.27. The Labute approximate surface area is 66.7 Å². The molecule has 0 radical (unpaired) electrons. The average Bonchev–Trinajstić information content (AvgIpc) is 2.05. The molecule has 0 heterocycles. The normalized spacial score (nSPS) is 15.9. The SMILES string of the molecule is C[C@@H](O)[C@@H](N)c1ccccc1. The highest BCUT2D eigenvalue weighted by Crippen LogP contribution is 2.12. The summed E-state index contributed by atoms with van der Waals surface area (Å²) in [7, 11) is 0. The van der Waals surface area contributed by atoms with Gasteiger partial charge in [-0.3, -0.25) is 0 Å². The van der Waals surface area contributed by atoms with Crippen molar-refractivity contribution in [2.75, 3.05) is 0 Å². The Balaban J connectivity index is 2.77. The molecular weight excluding hydrogens is 138 g/mol. The zero-order valence-electron chi connectivity index (χ0n) is 6.57. The summed E-state index contributed by atoms with van der Waals surface area (Å²) in [6.45, 7) is 1.69. The van der Waals surface area contributed by atoms with Crippen LogP contribution in [0.5, 0.6) is 0 Å². The Morgan fingerprint density at radius 2 is 1.82 bits per heavy atom. The third kappa shape index (κ3) is 2.03. The van der Waals surface area contributed by atoms with Crippen molar-refractivity contribution in [2.24, 2.45) is 5.73 Å². The third-order valence-electron chi connectivity index (χ3n) is 1.70. The van der Waals surface area contributed by atoms with Crippen LogP contribution in [-0.4, -0.2) is 11.2 Å². The van der Waals surface area contributed by atoms with Crippen LogP contribution in [0.2, 0.25) is 0 Å². The Kier molecular flexibility index (Phi) is 2.63. The van der Waals surface area contributed by atoms with Crippen molar-refractivity contribution in [3.8, 4) is 0 Å². The van der Waals surface area contributed by atoms with Crippen LogP contribution in [-0.2, 0) is 0 Å². The van der Waals surface area contributed by atoms with Gasteiger partial charge in [-0.25, -0.2) is 0 Å². The van der Waals surface area contributed by atoms with Gasteiger partial charge in [0.05, 0.1) is 12.1 Å². The van der Waals surface area contributed by atoms with Crippen LogP contribution >= 0.6 is 0 Å². The second-order valence-electron chi connectivity index (χ2n) is 2.68. The summed E-state index contributed by atoms with van der Waals surface area (Å²) in [6.07, 6.45) is -0.489. The number of nitrogens with two attached hydrogens (primary N) is 1. The molecular formula is C9H13NO. The van der Waals surface area contributed by atoms with E-state index in [1.54, 1.807) is 6.92 Å². The van der Waals surface area contributed by atoms with Gasteiger partial charge in [0.1, 0.15) is 0 Å². The van der Waals surface area contributed by atoms with Crippen molar-refractivity contribution in [1.29, 1.82) is 0 Å². The van der Waals surface area contributed by atoms with E-state index in [1.807, 2.05) is 30.3 Å². The van der Waals surface area contributed by atoms with Gasteiger partial charge in [-0.05, 0) is 12.5 Å². The van der Waals surface area contributed by atoms with Crippen molar-refractivity contribution in [1.82, 2.24) is 0 Å². The lowest BCUT2D eigenvalue weighted by Gasteiger charge is -2.14. The Morgan fingerprint density at radius 3 is 2.27 bits per heavy atom. The maximum absolute atomic E-state index is 9.15. The van der Waals surface area contributed by atoms with Crippen LogP contribution in [0.15, 0.2) is 30.3 Å². The molecule has 0 spiro atoms. The van der Waals surface area contributed by atoms with Crippen LogP contribution in [0, 0.1) is 0 Å². The molecule has 0 unspecified atom stereocenters. The van der Waals surface area contributed by atoms with Gasteiger partial charge in [-0.2, -0.15) is 0 Å². The highest BCUT2D eigenvalue weighted by molar-refractivity contribution is 5.19. The largest absolute Gasteiger partial charge is 0.391 e. The summed E-state index contributed by atoms with van der Waals surface area (Å²) in [4.78, 5) is 0. The van der Waals surface area contributed by atoms with E-state index < -0.39 is 6.10 Å². The van der Waals surface area contributed by atoms with Gasteiger partial charge in [0.15, 0.2) is 0 Å².